The number of nitrogens with two attached hydrogens (primary N) is 1. The van der Waals surface area contributed by atoms with E-state index >= 15 is 0 Å². The van der Waals surface area contributed by atoms with Gasteiger partial charge in [0.1, 0.15) is 36.7 Å². The van der Waals surface area contributed by atoms with Gasteiger partial charge in [-0.05, 0) is 47.8 Å². The van der Waals surface area contributed by atoms with Gasteiger partial charge >= 0.3 is 0 Å². The minimum atomic E-state index is -0.495. The smallest absolute Gasteiger partial charge is 0.137 e. The van der Waals surface area contributed by atoms with Crippen LogP contribution in [0, 0.1) is 0 Å². The van der Waals surface area contributed by atoms with Crippen LogP contribution in [-0.4, -0.2) is 33.9 Å². The number of aliphatic hydroxyl groups is 1. The number of hydrogen-bond donors (Lipinski definition) is 2. The third-order valence-corrected chi connectivity index (χ3v) is 5.33. The molecule has 1 aliphatic rings. The quantitative estimate of drug-likeness (QED) is 0.671. The number of rotatable bonds is 7. The first-order valence-corrected chi connectivity index (χ1v) is 9.73. The lowest BCUT2D eigenvalue weighted by molar-refractivity contribution is -0.700. The Morgan fingerprint density at radius 1 is 1.19 bits per heavy atom. The first-order valence-electron chi connectivity index (χ1n) is 8.89. The summed E-state index contributed by atoms with van der Waals surface area (Å²) in [4.78, 5) is 0. The normalized spacial score (nSPS) is 17.0. The van der Waals surface area contributed by atoms with E-state index in [9.17, 15) is 5.11 Å². The molecular weight excluding hydrogens is 346 g/mol. The lowest BCUT2D eigenvalue weighted by atomic mass is 10.1. The summed E-state index contributed by atoms with van der Waals surface area (Å²) in [5, 5.41) is 18.5. The summed E-state index contributed by atoms with van der Waals surface area (Å²) in [6.45, 7) is 0.935. The van der Waals surface area contributed by atoms with Crippen LogP contribution in [0.15, 0.2) is 53.9 Å². The predicted octanol–water partition coefficient (Wildman–Crippen LogP) is 2.20. The zero-order valence-corrected chi connectivity index (χ0v) is 15.2. The molecule has 0 saturated carbocycles. The second-order valence-electron chi connectivity index (χ2n) is 6.59. The Balaban J connectivity index is 1.25. The molecule has 2 atom stereocenters. The highest BCUT2D eigenvalue weighted by Crippen LogP contribution is 2.27. The van der Waals surface area contributed by atoms with E-state index in [1.807, 2.05) is 29.6 Å². The first kappa shape index (κ1) is 17.1. The lowest BCUT2D eigenvalue weighted by Crippen LogP contribution is -2.87. The van der Waals surface area contributed by atoms with Gasteiger partial charge in [-0.2, -0.15) is 0 Å². The van der Waals surface area contributed by atoms with Gasteiger partial charge < -0.3 is 15.2 Å². The molecule has 134 valence electrons. The van der Waals surface area contributed by atoms with Crippen LogP contribution in [0.25, 0.3) is 11.3 Å². The molecule has 3 N–H and O–H groups in total. The molecule has 0 amide bonds. The van der Waals surface area contributed by atoms with Gasteiger partial charge in [-0.3, -0.25) is 0 Å². The molecule has 0 unspecified atom stereocenters. The largest absolute Gasteiger partial charge is 0.491 e. The molecule has 0 radical (unpaired) electrons. The number of aryl methyl sites for hydroxylation is 1. The number of aromatic nitrogens is 2. The van der Waals surface area contributed by atoms with Crippen molar-refractivity contribution in [2.75, 3.05) is 13.2 Å². The summed E-state index contributed by atoms with van der Waals surface area (Å²) < 4.78 is 9.59. The third-order valence-electron chi connectivity index (χ3n) is 4.82. The van der Waals surface area contributed by atoms with E-state index in [1.165, 1.54) is 22.7 Å². The number of aliphatic hydroxyl groups excluding tert-OH is 1. The molecule has 3 aromatic rings. The molecule has 1 aromatic heterocycles. The molecule has 0 spiro atoms. The van der Waals surface area contributed by atoms with Crippen LogP contribution in [0.4, 0.5) is 0 Å². The third kappa shape index (κ3) is 3.93. The highest BCUT2D eigenvalue weighted by molar-refractivity contribution is 7.03. The van der Waals surface area contributed by atoms with Crippen LogP contribution < -0.4 is 10.1 Å². The van der Waals surface area contributed by atoms with E-state index in [1.54, 1.807) is 0 Å². The maximum absolute atomic E-state index is 10.3. The number of fused-ring (bicyclic) bond motifs is 1. The molecule has 0 fully saturated rings. The SMILES string of the molecule is O[C@@H](C[NH2+][C@@H]1CCc2ccccc21)COc1ccc(-c2csnn2)cc1. The number of quaternary nitrogens is 1. The van der Waals surface area contributed by atoms with E-state index in [4.69, 9.17) is 4.74 Å². The summed E-state index contributed by atoms with van der Waals surface area (Å²) in [5.74, 6) is 0.752. The van der Waals surface area contributed by atoms with E-state index in [2.05, 4.69) is 39.2 Å². The number of benzene rings is 2. The fourth-order valence-corrected chi connectivity index (χ4v) is 3.89. The summed E-state index contributed by atoms with van der Waals surface area (Å²) in [6, 6.07) is 16.8. The number of ether oxygens (including phenoxy) is 1. The molecule has 0 saturated heterocycles. The van der Waals surface area contributed by atoms with Crippen LogP contribution in [0.5, 0.6) is 5.75 Å². The van der Waals surface area contributed by atoms with Gasteiger partial charge in [0.25, 0.3) is 0 Å². The maximum Gasteiger partial charge on any atom is 0.137 e. The predicted molar refractivity (Wildman–Crippen MR) is 101 cm³/mol. The molecule has 26 heavy (non-hydrogen) atoms. The van der Waals surface area contributed by atoms with E-state index in [0.717, 1.165) is 29.8 Å². The molecule has 1 aliphatic carbocycles. The van der Waals surface area contributed by atoms with Crippen LogP contribution in [0.1, 0.15) is 23.6 Å². The van der Waals surface area contributed by atoms with Crippen LogP contribution in [-0.2, 0) is 6.42 Å². The Kier molecular flexibility index (Phi) is 5.24. The Labute approximate surface area is 156 Å². The second kappa shape index (κ2) is 7.95. The fourth-order valence-electron chi connectivity index (χ4n) is 3.43. The van der Waals surface area contributed by atoms with Crippen molar-refractivity contribution in [3.63, 3.8) is 0 Å². The molecular formula is C20H22N3O2S+. The molecule has 5 nitrogen and oxygen atoms in total. The van der Waals surface area contributed by atoms with Crippen molar-refractivity contribution in [1.29, 1.82) is 0 Å². The van der Waals surface area contributed by atoms with Crippen molar-refractivity contribution in [3.05, 3.63) is 65.0 Å². The van der Waals surface area contributed by atoms with Gasteiger partial charge in [0.2, 0.25) is 0 Å². The fraction of sp³-hybridized carbons (Fsp3) is 0.300. The van der Waals surface area contributed by atoms with Crippen molar-refractivity contribution in [3.8, 4) is 17.0 Å². The van der Waals surface area contributed by atoms with Gasteiger partial charge in [-0.15, -0.1) is 5.10 Å². The molecule has 0 aliphatic heterocycles. The first-order chi connectivity index (χ1) is 12.8. The monoisotopic (exact) mass is 368 g/mol. The van der Waals surface area contributed by atoms with Gasteiger partial charge in [0, 0.05) is 22.9 Å². The van der Waals surface area contributed by atoms with Crippen LogP contribution in [0.2, 0.25) is 0 Å². The zero-order valence-electron chi connectivity index (χ0n) is 14.4. The molecule has 0 bridgehead atoms. The maximum atomic E-state index is 10.3. The lowest BCUT2D eigenvalue weighted by Gasteiger charge is -2.15. The summed E-state index contributed by atoms with van der Waals surface area (Å²) in [7, 11) is 0. The van der Waals surface area contributed by atoms with Crippen LogP contribution >= 0.6 is 11.5 Å². The average molecular weight is 368 g/mol. The number of hydrogen-bond acceptors (Lipinski definition) is 5. The number of nitrogens with zero attached hydrogens (tertiary/aromatic N) is 2. The van der Waals surface area contributed by atoms with Crippen molar-refractivity contribution >= 4 is 11.5 Å². The Bertz CT molecular complexity index is 837. The Morgan fingerprint density at radius 2 is 2.04 bits per heavy atom. The topological polar surface area (TPSA) is 71.9 Å². The van der Waals surface area contributed by atoms with Gasteiger partial charge in [0.05, 0.1) is 0 Å². The minimum absolute atomic E-state index is 0.294. The van der Waals surface area contributed by atoms with E-state index in [-0.39, 0.29) is 0 Å². The van der Waals surface area contributed by atoms with Crippen LogP contribution in [0.3, 0.4) is 0 Å². The molecule has 2 aromatic carbocycles. The van der Waals surface area contributed by atoms with Crippen molar-refractivity contribution in [1.82, 2.24) is 9.59 Å². The second-order valence-corrected chi connectivity index (χ2v) is 7.20. The summed E-state index contributed by atoms with van der Waals surface area (Å²) in [5.41, 5.74) is 4.73. The molecule has 4 rings (SSSR count). The van der Waals surface area contributed by atoms with Crippen molar-refractivity contribution in [2.24, 2.45) is 0 Å². The summed E-state index contributed by atoms with van der Waals surface area (Å²) >= 11 is 1.34. The summed E-state index contributed by atoms with van der Waals surface area (Å²) in [6.07, 6.45) is 1.77. The van der Waals surface area contributed by atoms with Crippen molar-refractivity contribution in [2.45, 2.75) is 25.0 Å². The average Bonchev–Trinajstić information content (AvgIpc) is 3.35. The molecule has 6 heteroatoms. The highest BCUT2D eigenvalue weighted by Gasteiger charge is 2.25. The standard InChI is InChI=1S/C20H21N3O2S/c24-16(11-21-19-10-7-14-3-1-2-4-18(14)19)12-25-17-8-5-15(6-9-17)20-13-26-23-22-20/h1-6,8-9,13,16,19,21,24H,7,10-12H2/p+1/t16-,19+/m0/s1. The Morgan fingerprint density at radius 3 is 2.85 bits per heavy atom. The zero-order chi connectivity index (χ0) is 17.8. The van der Waals surface area contributed by atoms with Gasteiger partial charge in [-0.25, -0.2) is 0 Å². The Hall–Kier alpha value is -2.28. The van der Waals surface area contributed by atoms with E-state index in [0.29, 0.717) is 19.2 Å². The highest BCUT2D eigenvalue weighted by atomic mass is 32.1. The van der Waals surface area contributed by atoms with Gasteiger partial charge in [0.15, 0.2) is 0 Å². The van der Waals surface area contributed by atoms with Crippen molar-refractivity contribution < 1.29 is 15.2 Å². The minimum Gasteiger partial charge on any atom is -0.491 e. The van der Waals surface area contributed by atoms with E-state index < -0.39 is 6.10 Å². The van der Waals surface area contributed by atoms with Gasteiger partial charge in [-0.1, -0.05) is 28.8 Å². The molecule has 1 heterocycles.